The van der Waals surface area contributed by atoms with Crippen molar-refractivity contribution >= 4 is 5.91 Å². The maximum Gasteiger partial charge on any atom is 0.229 e. The first-order valence-electron chi connectivity index (χ1n) is 10.1. The molecule has 0 N–H and O–H groups in total. The summed E-state index contributed by atoms with van der Waals surface area (Å²) in [4.78, 5) is 15.0. The fourth-order valence-corrected chi connectivity index (χ4v) is 4.09. The van der Waals surface area contributed by atoms with Gasteiger partial charge in [0.05, 0.1) is 19.6 Å². The summed E-state index contributed by atoms with van der Waals surface area (Å²) in [6, 6.07) is 12.1. The van der Waals surface area contributed by atoms with Gasteiger partial charge in [0.15, 0.2) is 11.6 Å². The first kappa shape index (κ1) is 19.6. The highest BCUT2D eigenvalue weighted by Gasteiger charge is 2.32. The monoisotopic (exact) mass is 399 g/mol. The van der Waals surface area contributed by atoms with Crippen molar-refractivity contribution in [2.45, 2.75) is 19.3 Å². The summed E-state index contributed by atoms with van der Waals surface area (Å²) in [5, 5.41) is 0. The van der Waals surface area contributed by atoms with E-state index in [9.17, 15) is 9.18 Å². The van der Waals surface area contributed by atoms with Crippen molar-refractivity contribution in [3.05, 3.63) is 53.8 Å². The van der Waals surface area contributed by atoms with Gasteiger partial charge in [0.1, 0.15) is 18.1 Å². The zero-order valence-electron chi connectivity index (χ0n) is 16.6. The third-order valence-corrected chi connectivity index (χ3v) is 5.67. The molecule has 5 nitrogen and oxygen atoms in total. The number of ether oxygens (including phenoxy) is 3. The number of carbonyl (C=O) groups is 1. The normalized spacial score (nSPS) is 21.1. The fourth-order valence-electron chi connectivity index (χ4n) is 4.09. The topological polar surface area (TPSA) is 48.0 Å². The van der Waals surface area contributed by atoms with Crippen LogP contribution in [0.5, 0.6) is 17.2 Å². The molecular weight excluding hydrogens is 373 g/mol. The largest absolute Gasteiger partial charge is 0.497 e. The van der Waals surface area contributed by atoms with Gasteiger partial charge in [-0.05, 0) is 55.2 Å². The van der Waals surface area contributed by atoms with Gasteiger partial charge in [-0.1, -0.05) is 12.1 Å². The summed E-state index contributed by atoms with van der Waals surface area (Å²) in [6.07, 6.45) is 2.55. The Bertz CT molecular complexity index is 872. The Hall–Kier alpha value is -2.76. The second-order valence-corrected chi connectivity index (χ2v) is 7.72. The van der Waals surface area contributed by atoms with Crippen LogP contribution < -0.4 is 14.2 Å². The third kappa shape index (κ3) is 4.47. The maximum atomic E-state index is 13.8. The van der Waals surface area contributed by atoms with Gasteiger partial charge in [-0.2, -0.15) is 0 Å². The lowest BCUT2D eigenvalue weighted by atomic mass is 9.93. The lowest BCUT2D eigenvalue weighted by Gasteiger charge is -2.36. The first-order valence-corrected chi connectivity index (χ1v) is 10.1. The number of amides is 1. The zero-order chi connectivity index (χ0) is 20.2. The number of fused-ring (bicyclic) bond motifs is 1. The van der Waals surface area contributed by atoms with E-state index in [1.165, 1.54) is 6.07 Å². The van der Waals surface area contributed by atoms with Crippen molar-refractivity contribution in [1.82, 2.24) is 4.90 Å². The average Bonchev–Trinajstić information content (AvgIpc) is 2.77. The van der Waals surface area contributed by atoms with Gasteiger partial charge in [-0.15, -0.1) is 0 Å². The number of carbonyl (C=O) groups excluding carboxylic acids is 1. The SMILES string of the molecule is COc1ccc2c(c1)C[C@@H](C(=O)N1CCC[C@@H](COc3ccccc3F)C1)CO2. The number of halogens is 1. The molecule has 0 saturated carbocycles. The summed E-state index contributed by atoms with van der Waals surface area (Å²) in [5.41, 5.74) is 1.00. The van der Waals surface area contributed by atoms with Crippen molar-refractivity contribution in [3.63, 3.8) is 0 Å². The highest BCUT2D eigenvalue weighted by atomic mass is 19.1. The predicted molar refractivity (Wildman–Crippen MR) is 107 cm³/mol. The number of para-hydroxylation sites is 1. The van der Waals surface area contributed by atoms with Crippen LogP contribution in [-0.2, 0) is 11.2 Å². The molecule has 0 spiro atoms. The second kappa shape index (κ2) is 8.72. The van der Waals surface area contributed by atoms with E-state index in [2.05, 4.69) is 0 Å². The van der Waals surface area contributed by atoms with Crippen molar-refractivity contribution in [1.29, 1.82) is 0 Å². The Kier molecular flexibility index (Phi) is 5.88. The fraction of sp³-hybridized carbons (Fsp3) is 0.435. The van der Waals surface area contributed by atoms with E-state index in [0.717, 1.165) is 36.4 Å². The third-order valence-electron chi connectivity index (χ3n) is 5.67. The molecule has 2 aliphatic heterocycles. The van der Waals surface area contributed by atoms with E-state index in [0.29, 0.717) is 26.2 Å². The molecule has 0 unspecified atom stereocenters. The maximum absolute atomic E-state index is 13.8. The number of methoxy groups -OCH3 is 1. The number of nitrogens with zero attached hydrogens (tertiary/aromatic N) is 1. The molecule has 154 valence electrons. The van der Waals surface area contributed by atoms with Gasteiger partial charge in [-0.25, -0.2) is 4.39 Å². The number of piperidine rings is 1. The molecule has 1 fully saturated rings. The molecule has 1 amide bonds. The standard InChI is InChI=1S/C23H26FNO4/c1-27-19-8-9-21-17(12-19)11-18(15-29-21)23(26)25-10-4-5-16(13-25)14-28-22-7-3-2-6-20(22)24/h2-3,6-9,12,16,18H,4-5,10-11,13-15H2,1H3/t16-,18-/m1/s1. The average molecular weight is 399 g/mol. The number of rotatable bonds is 5. The van der Waals surface area contributed by atoms with Gasteiger partial charge < -0.3 is 19.1 Å². The molecule has 0 aromatic heterocycles. The van der Waals surface area contributed by atoms with Gasteiger partial charge in [0.2, 0.25) is 5.91 Å². The van der Waals surface area contributed by atoms with E-state index >= 15 is 0 Å². The van der Waals surface area contributed by atoms with Crippen LogP contribution in [0.25, 0.3) is 0 Å². The number of hydrogen-bond donors (Lipinski definition) is 0. The molecule has 2 aliphatic rings. The van der Waals surface area contributed by atoms with Gasteiger partial charge in [0.25, 0.3) is 0 Å². The highest BCUT2D eigenvalue weighted by Crippen LogP contribution is 2.32. The van der Waals surface area contributed by atoms with Crippen LogP contribution in [0, 0.1) is 17.7 Å². The van der Waals surface area contributed by atoms with Gasteiger partial charge in [0, 0.05) is 19.0 Å². The molecule has 2 heterocycles. The van der Waals surface area contributed by atoms with E-state index in [1.807, 2.05) is 23.1 Å². The Balaban J connectivity index is 1.35. The molecular formula is C23H26FNO4. The molecule has 1 saturated heterocycles. The van der Waals surface area contributed by atoms with Crippen LogP contribution >= 0.6 is 0 Å². The minimum absolute atomic E-state index is 0.120. The van der Waals surface area contributed by atoms with E-state index < -0.39 is 0 Å². The Morgan fingerprint density at radius 2 is 2.14 bits per heavy atom. The predicted octanol–water partition coefficient (Wildman–Crippen LogP) is 3.70. The molecule has 0 radical (unpaired) electrons. The summed E-state index contributed by atoms with van der Waals surface area (Å²) in [7, 11) is 1.63. The zero-order valence-corrected chi connectivity index (χ0v) is 16.6. The molecule has 29 heavy (non-hydrogen) atoms. The number of likely N-dealkylation sites (tertiary alicyclic amines) is 1. The smallest absolute Gasteiger partial charge is 0.229 e. The molecule has 6 heteroatoms. The molecule has 0 aliphatic carbocycles. The van der Waals surface area contributed by atoms with Crippen LogP contribution in [0.3, 0.4) is 0 Å². The van der Waals surface area contributed by atoms with E-state index in [4.69, 9.17) is 14.2 Å². The highest BCUT2D eigenvalue weighted by molar-refractivity contribution is 5.80. The summed E-state index contributed by atoms with van der Waals surface area (Å²) in [5.74, 6) is 1.62. The van der Waals surface area contributed by atoms with Crippen LogP contribution in [0.2, 0.25) is 0 Å². The first-order chi connectivity index (χ1) is 14.1. The Morgan fingerprint density at radius 3 is 2.97 bits per heavy atom. The van der Waals surface area contributed by atoms with Gasteiger partial charge in [-0.3, -0.25) is 4.79 Å². The molecule has 2 atom stereocenters. The summed E-state index contributed by atoms with van der Waals surface area (Å²) < 4.78 is 30.5. The lowest BCUT2D eigenvalue weighted by molar-refractivity contribution is -0.139. The van der Waals surface area contributed by atoms with E-state index in [-0.39, 0.29) is 29.3 Å². The van der Waals surface area contributed by atoms with Crippen molar-refractivity contribution in [2.75, 3.05) is 33.4 Å². The minimum atomic E-state index is -0.357. The van der Waals surface area contributed by atoms with Crippen molar-refractivity contribution in [3.8, 4) is 17.2 Å². The molecule has 0 bridgehead atoms. The lowest BCUT2D eigenvalue weighted by Crippen LogP contribution is -2.46. The molecule has 4 rings (SSSR count). The van der Waals surface area contributed by atoms with Gasteiger partial charge >= 0.3 is 0 Å². The Morgan fingerprint density at radius 1 is 1.28 bits per heavy atom. The molecule has 2 aromatic carbocycles. The minimum Gasteiger partial charge on any atom is -0.497 e. The van der Waals surface area contributed by atoms with Crippen molar-refractivity contribution < 1.29 is 23.4 Å². The quantitative estimate of drug-likeness (QED) is 0.769. The number of benzene rings is 2. The van der Waals surface area contributed by atoms with Crippen LogP contribution in [-0.4, -0.2) is 44.2 Å². The molecule has 2 aromatic rings. The van der Waals surface area contributed by atoms with Crippen LogP contribution in [0.15, 0.2) is 42.5 Å². The summed E-state index contributed by atoms with van der Waals surface area (Å²) in [6.45, 7) is 2.18. The van der Waals surface area contributed by atoms with E-state index in [1.54, 1.807) is 25.3 Å². The van der Waals surface area contributed by atoms with Crippen LogP contribution in [0.4, 0.5) is 4.39 Å². The Labute approximate surface area is 170 Å². The second-order valence-electron chi connectivity index (χ2n) is 7.72. The number of hydrogen-bond acceptors (Lipinski definition) is 4. The van der Waals surface area contributed by atoms with Crippen molar-refractivity contribution in [2.24, 2.45) is 11.8 Å². The van der Waals surface area contributed by atoms with Crippen LogP contribution in [0.1, 0.15) is 18.4 Å². The summed E-state index contributed by atoms with van der Waals surface area (Å²) >= 11 is 0.